The molecule has 0 aliphatic carbocycles. The predicted molar refractivity (Wildman–Crippen MR) is 118 cm³/mol. The van der Waals surface area contributed by atoms with Gasteiger partial charge in [-0.15, -0.1) is 5.10 Å². The highest BCUT2D eigenvalue weighted by molar-refractivity contribution is 7.99. The van der Waals surface area contributed by atoms with Gasteiger partial charge in [-0.25, -0.2) is 4.98 Å². The lowest BCUT2D eigenvalue weighted by Gasteiger charge is -2.26. The third-order valence-electron chi connectivity index (χ3n) is 5.64. The maximum absolute atomic E-state index is 13.0. The number of hydrogen-bond acceptors (Lipinski definition) is 6. The molecule has 1 N–H and O–H groups in total. The van der Waals surface area contributed by atoms with Crippen molar-refractivity contribution in [3.8, 4) is 22.9 Å². The summed E-state index contributed by atoms with van der Waals surface area (Å²) in [4.78, 5) is 19.5. The first kappa shape index (κ1) is 19.9. The van der Waals surface area contributed by atoms with Crippen LogP contribution in [0.2, 0.25) is 0 Å². The minimum Gasteiger partial charge on any atom is -0.486 e. The third kappa shape index (κ3) is 4.25. The molecule has 31 heavy (non-hydrogen) atoms. The molecule has 1 fully saturated rings. The monoisotopic (exact) mass is 436 g/mol. The van der Waals surface area contributed by atoms with Gasteiger partial charge in [0.15, 0.2) is 17.3 Å². The van der Waals surface area contributed by atoms with E-state index in [1.165, 1.54) is 17.3 Å². The van der Waals surface area contributed by atoms with Crippen molar-refractivity contribution >= 4 is 17.7 Å². The van der Waals surface area contributed by atoms with Crippen molar-refractivity contribution in [3.05, 3.63) is 53.6 Å². The number of nitrogens with one attached hydrogen (secondary N) is 1. The van der Waals surface area contributed by atoms with Crippen LogP contribution in [-0.2, 0) is 4.79 Å². The number of fused-ring (bicyclic) bond motifs is 1. The number of aryl methyl sites for hydroxylation is 1. The van der Waals surface area contributed by atoms with Gasteiger partial charge in [-0.3, -0.25) is 9.89 Å². The first-order chi connectivity index (χ1) is 15.2. The number of ether oxygens (including phenoxy) is 2. The van der Waals surface area contributed by atoms with Crippen LogP contribution in [0, 0.1) is 6.92 Å². The zero-order chi connectivity index (χ0) is 21.2. The molecule has 3 aromatic rings. The Labute approximate surface area is 185 Å². The number of benzene rings is 2. The van der Waals surface area contributed by atoms with Crippen LogP contribution in [0.15, 0.2) is 47.6 Å². The molecule has 1 aromatic heterocycles. The molecule has 2 aliphatic heterocycles. The van der Waals surface area contributed by atoms with E-state index < -0.39 is 0 Å². The number of carbonyl (C=O) groups excluding carboxylic acids is 1. The standard InChI is InChI=1S/C23H24N4O3S/c1-15-4-6-16(7-5-15)22-24-23(26-25-22)31-14-21(28)27-10-2-3-18(27)17-8-9-19-20(13-17)30-12-11-29-19/h4-9,13,18H,2-3,10-12,14H2,1H3,(H,24,25,26)/t18-/m1/s1. The summed E-state index contributed by atoms with van der Waals surface area (Å²) in [6, 6.07) is 14.2. The Morgan fingerprint density at radius 3 is 2.81 bits per heavy atom. The number of amides is 1. The zero-order valence-electron chi connectivity index (χ0n) is 17.3. The largest absolute Gasteiger partial charge is 0.486 e. The maximum Gasteiger partial charge on any atom is 0.233 e. The van der Waals surface area contributed by atoms with E-state index in [1.54, 1.807) is 0 Å². The van der Waals surface area contributed by atoms with Crippen molar-refractivity contribution in [2.45, 2.75) is 31.0 Å². The summed E-state index contributed by atoms with van der Waals surface area (Å²) < 4.78 is 11.3. The van der Waals surface area contributed by atoms with Crippen molar-refractivity contribution < 1.29 is 14.3 Å². The van der Waals surface area contributed by atoms with E-state index in [-0.39, 0.29) is 11.9 Å². The van der Waals surface area contributed by atoms with Crippen LogP contribution in [-0.4, -0.2) is 51.5 Å². The summed E-state index contributed by atoms with van der Waals surface area (Å²) in [5, 5.41) is 7.81. The van der Waals surface area contributed by atoms with Crippen LogP contribution in [0.1, 0.15) is 30.0 Å². The molecular weight excluding hydrogens is 412 g/mol. The first-order valence-corrected chi connectivity index (χ1v) is 11.5. The molecule has 1 atom stereocenters. The summed E-state index contributed by atoms with van der Waals surface area (Å²) in [6.45, 7) is 3.95. The van der Waals surface area contributed by atoms with E-state index in [0.29, 0.717) is 29.9 Å². The van der Waals surface area contributed by atoms with Crippen LogP contribution in [0.4, 0.5) is 0 Å². The minimum atomic E-state index is 0.0687. The SMILES string of the molecule is Cc1ccc(-c2nc(SCC(=O)N3CCC[C@@H]3c3ccc4c(c3)OCCO4)n[nH]2)cc1. The van der Waals surface area contributed by atoms with Crippen LogP contribution in [0.5, 0.6) is 11.5 Å². The molecule has 3 heterocycles. The third-order valence-corrected chi connectivity index (χ3v) is 6.47. The highest BCUT2D eigenvalue weighted by Crippen LogP contribution is 2.38. The number of H-pyrrole nitrogens is 1. The molecule has 0 spiro atoms. The second-order valence-electron chi connectivity index (χ2n) is 7.77. The van der Waals surface area contributed by atoms with Gasteiger partial charge in [0.1, 0.15) is 13.2 Å². The highest BCUT2D eigenvalue weighted by atomic mass is 32.2. The Hall–Kier alpha value is -3.00. The topological polar surface area (TPSA) is 80.3 Å². The predicted octanol–water partition coefficient (Wildman–Crippen LogP) is 4.01. The van der Waals surface area contributed by atoms with Gasteiger partial charge in [-0.2, -0.15) is 0 Å². The van der Waals surface area contributed by atoms with Gasteiger partial charge in [-0.05, 0) is 37.5 Å². The van der Waals surface area contributed by atoms with Gasteiger partial charge in [0.05, 0.1) is 11.8 Å². The molecule has 1 amide bonds. The van der Waals surface area contributed by atoms with Gasteiger partial charge in [-0.1, -0.05) is 47.7 Å². The molecular formula is C23H24N4O3S. The Bertz CT molecular complexity index is 1080. The van der Waals surface area contributed by atoms with E-state index in [0.717, 1.165) is 42.0 Å². The molecule has 8 heteroatoms. The van der Waals surface area contributed by atoms with Crippen LogP contribution >= 0.6 is 11.8 Å². The molecule has 0 unspecified atom stereocenters. The number of likely N-dealkylation sites (tertiary alicyclic amines) is 1. The summed E-state index contributed by atoms with van der Waals surface area (Å²) in [7, 11) is 0. The fourth-order valence-electron chi connectivity index (χ4n) is 4.04. The lowest BCUT2D eigenvalue weighted by atomic mass is 10.0. The van der Waals surface area contributed by atoms with E-state index >= 15 is 0 Å². The molecule has 160 valence electrons. The van der Waals surface area contributed by atoms with Crippen LogP contribution in [0.3, 0.4) is 0 Å². The summed E-state index contributed by atoms with van der Waals surface area (Å²) in [6.07, 6.45) is 1.95. The lowest BCUT2D eigenvalue weighted by Crippen LogP contribution is -2.32. The van der Waals surface area contributed by atoms with E-state index in [4.69, 9.17) is 9.47 Å². The highest BCUT2D eigenvalue weighted by Gasteiger charge is 2.31. The second-order valence-corrected chi connectivity index (χ2v) is 8.71. The van der Waals surface area contributed by atoms with Crippen molar-refractivity contribution in [1.82, 2.24) is 20.1 Å². The first-order valence-electron chi connectivity index (χ1n) is 10.5. The number of rotatable bonds is 5. The Morgan fingerprint density at radius 1 is 1.16 bits per heavy atom. The molecule has 2 aromatic carbocycles. The molecule has 0 saturated carbocycles. The number of aromatic amines is 1. The van der Waals surface area contributed by atoms with Crippen molar-refractivity contribution in [1.29, 1.82) is 0 Å². The van der Waals surface area contributed by atoms with E-state index in [2.05, 4.69) is 15.2 Å². The molecule has 5 rings (SSSR count). The van der Waals surface area contributed by atoms with Crippen LogP contribution < -0.4 is 9.47 Å². The average Bonchev–Trinajstić information content (AvgIpc) is 3.48. The Morgan fingerprint density at radius 2 is 1.97 bits per heavy atom. The number of carbonyl (C=O) groups is 1. The fourth-order valence-corrected chi connectivity index (χ4v) is 4.72. The molecule has 0 radical (unpaired) electrons. The van der Waals surface area contributed by atoms with Gasteiger partial charge < -0.3 is 14.4 Å². The smallest absolute Gasteiger partial charge is 0.233 e. The number of thioether (sulfide) groups is 1. The van der Waals surface area contributed by atoms with Crippen molar-refractivity contribution in [2.24, 2.45) is 0 Å². The maximum atomic E-state index is 13.0. The van der Waals surface area contributed by atoms with Gasteiger partial charge >= 0.3 is 0 Å². The summed E-state index contributed by atoms with van der Waals surface area (Å²) >= 11 is 1.36. The fraction of sp³-hybridized carbons (Fsp3) is 0.348. The average molecular weight is 437 g/mol. The second kappa shape index (κ2) is 8.63. The van der Waals surface area contributed by atoms with Gasteiger partial charge in [0, 0.05) is 12.1 Å². The van der Waals surface area contributed by atoms with Crippen molar-refractivity contribution in [2.75, 3.05) is 25.5 Å². The Balaban J connectivity index is 1.23. The molecule has 7 nitrogen and oxygen atoms in total. The van der Waals surface area contributed by atoms with Gasteiger partial charge in [0.25, 0.3) is 0 Å². The van der Waals surface area contributed by atoms with E-state index in [9.17, 15) is 4.79 Å². The molecule has 2 aliphatic rings. The minimum absolute atomic E-state index is 0.0687. The summed E-state index contributed by atoms with van der Waals surface area (Å²) in [5.74, 6) is 2.67. The molecule has 0 bridgehead atoms. The number of nitrogens with zero attached hydrogens (tertiary/aromatic N) is 3. The number of hydrogen-bond donors (Lipinski definition) is 1. The quantitative estimate of drug-likeness (QED) is 0.609. The summed E-state index contributed by atoms with van der Waals surface area (Å²) in [5.41, 5.74) is 3.27. The number of aromatic nitrogens is 3. The molecule has 1 saturated heterocycles. The van der Waals surface area contributed by atoms with Crippen LogP contribution in [0.25, 0.3) is 11.4 Å². The zero-order valence-corrected chi connectivity index (χ0v) is 18.2. The van der Waals surface area contributed by atoms with Gasteiger partial charge in [0.2, 0.25) is 11.1 Å². The normalized spacial score (nSPS) is 17.7. The van der Waals surface area contributed by atoms with E-state index in [1.807, 2.05) is 54.3 Å². The Kier molecular flexibility index (Phi) is 5.55. The van der Waals surface area contributed by atoms with Crippen molar-refractivity contribution in [3.63, 3.8) is 0 Å². The lowest BCUT2D eigenvalue weighted by molar-refractivity contribution is -0.129.